The normalized spacial score (nSPS) is 11.0. The summed E-state index contributed by atoms with van der Waals surface area (Å²) in [4.78, 5) is 21.6. The summed E-state index contributed by atoms with van der Waals surface area (Å²) in [6.45, 7) is 1.09. The van der Waals surface area contributed by atoms with E-state index in [0.29, 0.717) is 0 Å². The van der Waals surface area contributed by atoms with Gasteiger partial charge in [0.2, 0.25) is 0 Å². The fourth-order valence-electron chi connectivity index (χ4n) is 1.15. The maximum atomic E-state index is 12.1. The summed E-state index contributed by atoms with van der Waals surface area (Å²) in [5, 5.41) is 0. The van der Waals surface area contributed by atoms with Crippen LogP contribution in [0.1, 0.15) is 27.6 Å². The Morgan fingerprint density at radius 1 is 1.38 bits per heavy atom. The molecule has 1 aromatic rings. The van der Waals surface area contributed by atoms with Crippen LogP contribution in [0.5, 0.6) is 5.75 Å². The Labute approximate surface area is 88.8 Å². The van der Waals surface area contributed by atoms with Gasteiger partial charge >= 0.3 is 6.36 Å². The first kappa shape index (κ1) is 12.2. The Hall–Kier alpha value is -1.85. The molecule has 0 aliphatic carbocycles. The van der Waals surface area contributed by atoms with Gasteiger partial charge in [0.1, 0.15) is 0 Å². The number of Topliss-reactive ketones (excluding diaryl/α,β-unsaturated/α-hetero) is 1. The summed E-state index contributed by atoms with van der Waals surface area (Å²) in [6.07, 6.45) is -4.74. The smallest absolute Gasteiger partial charge is 0.404 e. The van der Waals surface area contributed by atoms with Crippen LogP contribution >= 0.6 is 0 Å². The summed E-state index contributed by atoms with van der Waals surface area (Å²) in [5.74, 6) is -1.36. The van der Waals surface area contributed by atoms with Gasteiger partial charge in [-0.25, -0.2) is 0 Å². The number of ether oxygens (including phenoxy) is 1. The fraction of sp³-hybridized carbons (Fsp3) is 0.200. The Morgan fingerprint density at radius 3 is 2.44 bits per heavy atom. The van der Waals surface area contributed by atoms with Crippen molar-refractivity contribution in [1.82, 2.24) is 0 Å². The number of alkyl halides is 3. The molecular formula is C10H7F3O3. The molecule has 0 amide bonds. The van der Waals surface area contributed by atoms with E-state index in [-0.39, 0.29) is 17.4 Å². The molecule has 6 heteroatoms. The first-order valence-corrected chi connectivity index (χ1v) is 4.20. The van der Waals surface area contributed by atoms with Crippen LogP contribution in [0.25, 0.3) is 0 Å². The second-order valence-electron chi connectivity index (χ2n) is 2.95. The Balaban J connectivity index is 3.30. The minimum atomic E-state index is -4.94. The van der Waals surface area contributed by atoms with Crippen molar-refractivity contribution in [3.63, 3.8) is 0 Å². The van der Waals surface area contributed by atoms with E-state index in [1.165, 1.54) is 6.07 Å². The van der Waals surface area contributed by atoms with Gasteiger partial charge in [0.05, 0.1) is 11.1 Å². The van der Waals surface area contributed by atoms with Crippen molar-refractivity contribution in [1.29, 1.82) is 0 Å². The first-order chi connectivity index (χ1) is 7.35. The number of ketones is 1. The van der Waals surface area contributed by atoms with Crippen LogP contribution in [-0.4, -0.2) is 18.4 Å². The highest BCUT2D eigenvalue weighted by atomic mass is 19.4. The number of hydrogen-bond donors (Lipinski definition) is 0. The second-order valence-corrected chi connectivity index (χ2v) is 2.95. The molecule has 0 unspecified atom stereocenters. The Kier molecular flexibility index (Phi) is 3.31. The van der Waals surface area contributed by atoms with Gasteiger partial charge in [-0.2, -0.15) is 0 Å². The highest BCUT2D eigenvalue weighted by molar-refractivity contribution is 5.99. The molecule has 0 bridgehead atoms. The quantitative estimate of drug-likeness (QED) is 0.594. The molecule has 1 rings (SSSR count). The molecule has 3 nitrogen and oxygen atoms in total. The van der Waals surface area contributed by atoms with Gasteiger partial charge in [-0.1, -0.05) is 6.07 Å². The van der Waals surface area contributed by atoms with E-state index in [1.54, 1.807) is 0 Å². The van der Waals surface area contributed by atoms with Crippen molar-refractivity contribution in [2.24, 2.45) is 0 Å². The van der Waals surface area contributed by atoms with E-state index in [2.05, 4.69) is 4.74 Å². The number of benzene rings is 1. The number of halogens is 3. The van der Waals surface area contributed by atoms with Crippen molar-refractivity contribution >= 4 is 12.1 Å². The van der Waals surface area contributed by atoms with E-state index >= 15 is 0 Å². The standard InChI is InChI=1S/C10H7F3O3/c1-6(15)8-4-2-3-7(5-14)9(8)16-10(11,12)13/h2-5H,1H3. The van der Waals surface area contributed by atoms with Crippen molar-refractivity contribution in [2.45, 2.75) is 13.3 Å². The van der Waals surface area contributed by atoms with Gasteiger partial charge in [0, 0.05) is 0 Å². The number of para-hydroxylation sites is 1. The lowest BCUT2D eigenvalue weighted by molar-refractivity contribution is -0.274. The van der Waals surface area contributed by atoms with E-state index in [9.17, 15) is 22.8 Å². The van der Waals surface area contributed by atoms with Crippen LogP contribution in [0.4, 0.5) is 13.2 Å². The third kappa shape index (κ3) is 2.82. The topological polar surface area (TPSA) is 43.4 Å². The van der Waals surface area contributed by atoms with Gasteiger partial charge in [-0.15, -0.1) is 13.2 Å². The average molecular weight is 232 g/mol. The summed E-state index contributed by atoms with van der Waals surface area (Å²) in [6, 6.07) is 3.61. The minimum absolute atomic E-state index is 0.202. The zero-order valence-corrected chi connectivity index (χ0v) is 8.17. The predicted octanol–water partition coefficient (Wildman–Crippen LogP) is 2.60. The number of carbonyl (C=O) groups is 2. The summed E-state index contributed by atoms with van der Waals surface area (Å²) >= 11 is 0. The maximum Gasteiger partial charge on any atom is 0.573 e. The van der Waals surface area contributed by atoms with Crippen molar-refractivity contribution in [2.75, 3.05) is 0 Å². The largest absolute Gasteiger partial charge is 0.573 e. The molecule has 0 heterocycles. The SMILES string of the molecule is CC(=O)c1cccc(C=O)c1OC(F)(F)F. The third-order valence-electron chi connectivity index (χ3n) is 1.77. The molecule has 1 aromatic carbocycles. The molecule has 0 saturated carbocycles. The van der Waals surface area contributed by atoms with Crippen molar-refractivity contribution < 1.29 is 27.5 Å². The Bertz CT molecular complexity index is 424. The van der Waals surface area contributed by atoms with Crippen LogP contribution in [0.2, 0.25) is 0 Å². The first-order valence-electron chi connectivity index (χ1n) is 4.20. The van der Waals surface area contributed by atoms with Crippen LogP contribution in [0.3, 0.4) is 0 Å². The highest BCUT2D eigenvalue weighted by Crippen LogP contribution is 2.29. The molecule has 0 saturated heterocycles. The van der Waals surface area contributed by atoms with Gasteiger partial charge < -0.3 is 4.74 Å². The number of rotatable bonds is 3. The summed E-state index contributed by atoms with van der Waals surface area (Å²) in [5.41, 5.74) is -0.591. The molecule has 0 radical (unpaired) electrons. The molecule has 0 spiro atoms. The molecule has 0 aromatic heterocycles. The summed E-state index contributed by atoms with van der Waals surface area (Å²) in [7, 11) is 0. The molecule has 0 fully saturated rings. The highest BCUT2D eigenvalue weighted by Gasteiger charge is 2.33. The van der Waals surface area contributed by atoms with E-state index < -0.39 is 17.9 Å². The lowest BCUT2D eigenvalue weighted by Gasteiger charge is -2.13. The molecule has 0 atom stereocenters. The van der Waals surface area contributed by atoms with E-state index in [4.69, 9.17) is 0 Å². The van der Waals surface area contributed by atoms with Crippen LogP contribution < -0.4 is 4.74 Å². The summed E-state index contributed by atoms with van der Waals surface area (Å²) < 4.78 is 39.8. The maximum absolute atomic E-state index is 12.1. The van der Waals surface area contributed by atoms with E-state index in [0.717, 1.165) is 19.1 Å². The third-order valence-corrected chi connectivity index (χ3v) is 1.77. The van der Waals surface area contributed by atoms with Crippen molar-refractivity contribution in [3.05, 3.63) is 29.3 Å². The number of aldehydes is 1. The zero-order valence-electron chi connectivity index (χ0n) is 8.17. The molecular weight excluding hydrogens is 225 g/mol. The molecule has 86 valence electrons. The lowest BCUT2D eigenvalue weighted by Crippen LogP contribution is -2.19. The van der Waals surface area contributed by atoms with Gasteiger partial charge in [-0.05, 0) is 19.1 Å². The molecule has 0 N–H and O–H groups in total. The predicted molar refractivity (Wildman–Crippen MR) is 48.5 cm³/mol. The zero-order chi connectivity index (χ0) is 12.3. The van der Waals surface area contributed by atoms with E-state index in [1.807, 2.05) is 0 Å². The minimum Gasteiger partial charge on any atom is -0.404 e. The lowest BCUT2D eigenvalue weighted by atomic mass is 10.1. The van der Waals surface area contributed by atoms with Crippen LogP contribution in [0, 0.1) is 0 Å². The Morgan fingerprint density at radius 2 is 2.00 bits per heavy atom. The molecule has 0 aliphatic heterocycles. The molecule has 16 heavy (non-hydrogen) atoms. The second kappa shape index (κ2) is 4.34. The number of hydrogen-bond acceptors (Lipinski definition) is 3. The van der Waals surface area contributed by atoms with Gasteiger partial charge in [-0.3, -0.25) is 9.59 Å². The van der Waals surface area contributed by atoms with Crippen LogP contribution in [-0.2, 0) is 0 Å². The van der Waals surface area contributed by atoms with Gasteiger partial charge in [0.15, 0.2) is 17.8 Å². The molecule has 0 aliphatic rings. The average Bonchev–Trinajstić information content (AvgIpc) is 2.15. The van der Waals surface area contributed by atoms with Crippen molar-refractivity contribution in [3.8, 4) is 5.75 Å². The van der Waals surface area contributed by atoms with Crippen LogP contribution in [0.15, 0.2) is 18.2 Å². The fourth-order valence-corrected chi connectivity index (χ4v) is 1.15. The van der Waals surface area contributed by atoms with Gasteiger partial charge in [0.25, 0.3) is 0 Å². The number of carbonyl (C=O) groups excluding carboxylic acids is 2. The monoisotopic (exact) mass is 232 g/mol.